The molecule has 0 saturated carbocycles. The molecule has 9 heteroatoms. The van der Waals surface area contributed by atoms with Crippen molar-refractivity contribution in [2.75, 3.05) is 36.4 Å². The fourth-order valence-electron chi connectivity index (χ4n) is 2.63. The highest BCUT2D eigenvalue weighted by Gasteiger charge is 2.36. The number of amides is 2. The van der Waals surface area contributed by atoms with Crippen LogP contribution in [0.15, 0.2) is 42.9 Å². The summed E-state index contributed by atoms with van der Waals surface area (Å²) in [5.41, 5.74) is -0.192. The predicted molar refractivity (Wildman–Crippen MR) is 86.3 cm³/mol. The van der Waals surface area contributed by atoms with Crippen LogP contribution in [-0.4, -0.2) is 47.1 Å². The van der Waals surface area contributed by atoms with Gasteiger partial charge in [0.05, 0.1) is 17.4 Å². The topological polar surface area (TPSA) is 61.4 Å². The SMILES string of the molecule is O=C(Nc1cccnc1)N1CCN(c2ncccc2C(F)(F)F)CC1. The number of carbonyl (C=O) groups is 1. The number of alkyl halides is 3. The molecule has 2 aromatic heterocycles. The van der Waals surface area contributed by atoms with Gasteiger partial charge in [0, 0.05) is 38.6 Å². The molecule has 2 aromatic rings. The van der Waals surface area contributed by atoms with E-state index < -0.39 is 11.7 Å². The predicted octanol–water partition coefficient (Wildman–Crippen LogP) is 2.85. The second kappa shape index (κ2) is 6.96. The summed E-state index contributed by atoms with van der Waals surface area (Å²) in [6.45, 7) is 1.17. The number of halogens is 3. The zero-order valence-corrected chi connectivity index (χ0v) is 13.2. The summed E-state index contributed by atoms with van der Waals surface area (Å²) in [5.74, 6) is -0.0951. The summed E-state index contributed by atoms with van der Waals surface area (Å²) in [7, 11) is 0. The number of anilines is 2. The van der Waals surface area contributed by atoms with Gasteiger partial charge in [-0.2, -0.15) is 13.2 Å². The van der Waals surface area contributed by atoms with Gasteiger partial charge in [-0.3, -0.25) is 4.98 Å². The molecule has 3 heterocycles. The standard InChI is InChI=1S/C16H16F3N5O/c17-16(18,19)13-4-2-6-21-14(13)23-7-9-24(10-8-23)15(25)22-12-3-1-5-20-11-12/h1-6,11H,7-10H2,(H,22,25). The smallest absolute Gasteiger partial charge is 0.353 e. The van der Waals surface area contributed by atoms with Gasteiger partial charge in [-0.25, -0.2) is 9.78 Å². The van der Waals surface area contributed by atoms with Gasteiger partial charge >= 0.3 is 12.2 Å². The van der Waals surface area contributed by atoms with Gasteiger partial charge < -0.3 is 15.1 Å². The number of hydrogen-bond acceptors (Lipinski definition) is 4. The molecule has 0 unspecified atom stereocenters. The molecule has 1 saturated heterocycles. The van der Waals surface area contributed by atoms with Crippen molar-refractivity contribution >= 4 is 17.5 Å². The lowest BCUT2D eigenvalue weighted by Gasteiger charge is -2.36. The molecule has 1 N–H and O–H groups in total. The van der Waals surface area contributed by atoms with Crippen molar-refractivity contribution < 1.29 is 18.0 Å². The Kier molecular flexibility index (Phi) is 4.73. The number of nitrogens with one attached hydrogen (secondary N) is 1. The molecule has 0 aliphatic carbocycles. The maximum atomic E-state index is 13.1. The molecule has 2 amide bonds. The number of rotatable bonds is 2. The number of hydrogen-bond donors (Lipinski definition) is 1. The van der Waals surface area contributed by atoms with Crippen LogP contribution in [0.2, 0.25) is 0 Å². The number of nitrogens with zero attached hydrogens (tertiary/aromatic N) is 4. The molecule has 3 rings (SSSR count). The average molecular weight is 351 g/mol. The van der Waals surface area contributed by atoms with E-state index in [2.05, 4.69) is 15.3 Å². The Morgan fingerprint density at radius 2 is 1.80 bits per heavy atom. The van der Waals surface area contributed by atoms with Crippen LogP contribution in [0.5, 0.6) is 0 Å². The largest absolute Gasteiger partial charge is 0.419 e. The number of urea groups is 1. The Labute approximate surface area is 142 Å². The first kappa shape index (κ1) is 17.0. The van der Waals surface area contributed by atoms with Crippen LogP contribution < -0.4 is 10.2 Å². The zero-order chi connectivity index (χ0) is 17.9. The van der Waals surface area contributed by atoms with Crippen LogP contribution in [0.3, 0.4) is 0 Å². The first-order chi connectivity index (χ1) is 11.9. The molecular weight excluding hydrogens is 335 g/mol. The van der Waals surface area contributed by atoms with Crippen molar-refractivity contribution in [1.82, 2.24) is 14.9 Å². The zero-order valence-electron chi connectivity index (χ0n) is 13.2. The molecule has 0 aromatic carbocycles. The third-order valence-corrected chi connectivity index (χ3v) is 3.87. The Morgan fingerprint density at radius 3 is 2.44 bits per heavy atom. The Bertz CT molecular complexity index is 730. The third-order valence-electron chi connectivity index (χ3n) is 3.87. The number of aromatic nitrogens is 2. The Hall–Kier alpha value is -2.84. The van der Waals surface area contributed by atoms with Crippen molar-refractivity contribution in [2.45, 2.75) is 6.18 Å². The fourth-order valence-corrected chi connectivity index (χ4v) is 2.63. The monoisotopic (exact) mass is 351 g/mol. The first-order valence-electron chi connectivity index (χ1n) is 7.68. The molecule has 6 nitrogen and oxygen atoms in total. The van der Waals surface area contributed by atoms with Crippen LogP contribution >= 0.6 is 0 Å². The lowest BCUT2D eigenvalue weighted by molar-refractivity contribution is -0.137. The van der Waals surface area contributed by atoms with Crippen molar-refractivity contribution in [3.05, 3.63) is 48.4 Å². The van der Waals surface area contributed by atoms with E-state index in [1.807, 2.05) is 0 Å². The molecule has 1 fully saturated rings. The van der Waals surface area contributed by atoms with Crippen LogP contribution in [-0.2, 0) is 6.18 Å². The van der Waals surface area contributed by atoms with Crippen LogP contribution in [0.25, 0.3) is 0 Å². The lowest BCUT2D eigenvalue weighted by Crippen LogP contribution is -2.50. The molecule has 132 valence electrons. The van der Waals surface area contributed by atoms with Gasteiger partial charge in [-0.15, -0.1) is 0 Å². The Balaban J connectivity index is 1.64. The van der Waals surface area contributed by atoms with E-state index in [0.29, 0.717) is 18.8 Å². The minimum absolute atomic E-state index is 0.0951. The van der Waals surface area contributed by atoms with E-state index in [1.165, 1.54) is 18.5 Å². The number of piperazine rings is 1. The number of carbonyl (C=O) groups excluding carboxylic acids is 1. The van der Waals surface area contributed by atoms with E-state index in [1.54, 1.807) is 28.1 Å². The maximum Gasteiger partial charge on any atom is 0.419 e. The van der Waals surface area contributed by atoms with E-state index in [-0.39, 0.29) is 24.9 Å². The maximum absolute atomic E-state index is 13.1. The number of pyridine rings is 2. The quantitative estimate of drug-likeness (QED) is 0.904. The summed E-state index contributed by atoms with van der Waals surface area (Å²) in [5, 5.41) is 2.71. The summed E-state index contributed by atoms with van der Waals surface area (Å²) in [4.78, 5) is 23.1. The minimum Gasteiger partial charge on any atom is -0.353 e. The molecule has 0 bridgehead atoms. The fraction of sp³-hybridized carbons (Fsp3) is 0.312. The highest BCUT2D eigenvalue weighted by Crippen LogP contribution is 2.35. The molecule has 0 radical (unpaired) electrons. The van der Waals surface area contributed by atoms with E-state index in [9.17, 15) is 18.0 Å². The first-order valence-corrected chi connectivity index (χ1v) is 7.68. The molecule has 0 atom stereocenters. The summed E-state index contributed by atoms with van der Waals surface area (Å²) in [6.07, 6.45) is 0.00163. The Morgan fingerprint density at radius 1 is 1.08 bits per heavy atom. The van der Waals surface area contributed by atoms with Gasteiger partial charge in [0.1, 0.15) is 5.82 Å². The highest BCUT2D eigenvalue weighted by atomic mass is 19.4. The van der Waals surface area contributed by atoms with Gasteiger partial charge in [0.25, 0.3) is 0 Å². The molecular formula is C16H16F3N5O. The van der Waals surface area contributed by atoms with E-state index in [0.717, 1.165) is 6.07 Å². The van der Waals surface area contributed by atoms with Crippen molar-refractivity contribution in [1.29, 1.82) is 0 Å². The van der Waals surface area contributed by atoms with Crippen molar-refractivity contribution in [3.8, 4) is 0 Å². The second-order valence-corrected chi connectivity index (χ2v) is 5.52. The molecule has 1 aliphatic rings. The van der Waals surface area contributed by atoms with E-state index >= 15 is 0 Å². The summed E-state index contributed by atoms with van der Waals surface area (Å²) < 4.78 is 39.3. The lowest BCUT2D eigenvalue weighted by atomic mass is 10.2. The van der Waals surface area contributed by atoms with Crippen molar-refractivity contribution in [2.24, 2.45) is 0 Å². The minimum atomic E-state index is -4.46. The normalized spacial score (nSPS) is 15.2. The van der Waals surface area contributed by atoms with Crippen LogP contribution in [0.4, 0.5) is 29.5 Å². The van der Waals surface area contributed by atoms with Gasteiger partial charge in [0.2, 0.25) is 0 Å². The molecule has 0 spiro atoms. The average Bonchev–Trinajstić information content (AvgIpc) is 2.62. The molecule has 1 aliphatic heterocycles. The van der Waals surface area contributed by atoms with Gasteiger partial charge in [-0.05, 0) is 24.3 Å². The van der Waals surface area contributed by atoms with Crippen molar-refractivity contribution in [3.63, 3.8) is 0 Å². The second-order valence-electron chi connectivity index (χ2n) is 5.52. The van der Waals surface area contributed by atoms with E-state index in [4.69, 9.17) is 0 Å². The van der Waals surface area contributed by atoms with Crippen LogP contribution in [0.1, 0.15) is 5.56 Å². The third kappa shape index (κ3) is 3.98. The van der Waals surface area contributed by atoms with Gasteiger partial charge in [-0.1, -0.05) is 0 Å². The highest BCUT2D eigenvalue weighted by molar-refractivity contribution is 5.89. The van der Waals surface area contributed by atoms with Crippen LogP contribution in [0, 0.1) is 0 Å². The summed E-state index contributed by atoms with van der Waals surface area (Å²) in [6, 6.07) is 5.40. The summed E-state index contributed by atoms with van der Waals surface area (Å²) >= 11 is 0. The van der Waals surface area contributed by atoms with Gasteiger partial charge in [0.15, 0.2) is 0 Å². The molecule has 25 heavy (non-hydrogen) atoms.